The Labute approximate surface area is 137 Å². The highest BCUT2D eigenvalue weighted by molar-refractivity contribution is 7.09. The lowest BCUT2D eigenvalue weighted by atomic mass is 10.2. The first-order chi connectivity index (χ1) is 11.1. The van der Waals surface area contributed by atoms with Crippen LogP contribution in [-0.4, -0.2) is 24.2 Å². The van der Waals surface area contributed by atoms with Gasteiger partial charge < -0.3 is 5.32 Å². The van der Waals surface area contributed by atoms with Gasteiger partial charge in [0.2, 0.25) is 5.84 Å². The number of benzene rings is 1. The van der Waals surface area contributed by atoms with Crippen LogP contribution >= 0.6 is 11.3 Å². The first-order valence-electron chi connectivity index (χ1n) is 7.15. The van der Waals surface area contributed by atoms with Gasteiger partial charge in [0.1, 0.15) is 6.54 Å². The lowest BCUT2D eigenvalue weighted by Crippen LogP contribution is -2.55. The number of nitrogens with zero attached hydrogens (tertiary/aromatic N) is 2. The van der Waals surface area contributed by atoms with Gasteiger partial charge in [0.05, 0.1) is 12.2 Å². The number of thiophene rings is 1. The summed E-state index contributed by atoms with van der Waals surface area (Å²) in [4.78, 5) is 29.3. The summed E-state index contributed by atoms with van der Waals surface area (Å²) in [5.74, 6) is -0.395. The first-order valence-corrected chi connectivity index (χ1v) is 8.03. The maximum atomic E-state index is 12.2. The van der Waals surface area contributed by atoms with Crippen LogP contribution in [0.2, 0.25) is 0 Å². The lowest BCUT2D eigenvalue weighted by molar-refractivity contribution is -0.118. The van der Waals surface area contributed by atoms with E-state index in [9.17, 15) is 9.59 Å². The Morgan fingerprint density at radius 3 is 2.83 bits per heavy atom. The van der Waals surface area contributed by atoms with Crippen LogP contribution < -0.4 is 15.8 Å². The van der Waals surface area contributed by atoms with Crippen molar-refractivity contribution in [3.63, 3.8) is 0 Å². The molecule has 2 heterocycles. The minimum Gasteiger partial charge on any atom is -0.344 e. The second-order valence-corrected chi connectivity index (χ2v) is 6.14. The second-order valence-electron chi connectivity index (χ2n) is 5.10. The van der Waals surface area contributed by atoms with Gasteiger partial charge in [-0.15, -0.1) is 11.3 Å². The Bertz CT molecular complexity index is 738. The van der Waals surface area contributed by atoms with Gasteiger partial charge in [-0.25, -0.2) is 5.01 Å². The fraction of sp³-hybridized carbons (Fsp3) is 0.188. The molecule has 2 N–H and O–H groups in total. The zero-order valence-corrected chi connectivity index (χ0v) is 13.4. The van der Waals surface area contributed by atoms with E-state index in [0.717, 1.165) is 10.4 Å². The highest BCUT2D eigenvalue weighted by Gasteiger charge is 2.25. The third-order valence-electron chi connectivity index (χ3n) is 3.35. The monoisotopic (exact) mass is 328 g/mol. The number of aryl methyl sites for hydroxylation is 1. The van der Waals surface area contributed by atoms with Crippen molar-refractivity contribution in [3.8, 4) is 0 Å². The van der Waals surface area contributed by atoms with E-state index in [0.29, 0.717) is 12.2 Å². The molecule has 1 aliphatic heterocycles. The van der Waals surface area contributed by atoms with Gasteiger partial charge >= 0.3 is 0 Å². The van der Waals surface area contributed by atoms with Gasteiger partial charge in [0, 0.05) is 4.88 Å². The Hall–Kier alpha value is -2.67. The minimum atomic E-state index is -0.331. The third kappa shape index (κ3) is 3.57. The Morgan fingerprint density at radius 2 is 2.13 bits per heavy atom. The molecule has 1 aliphatic rings. The van der Waals surface area contributed by atoms with E-state index in [-0.39, 0.29) is 24.2 Å². The molecule has 2 amide bonds. The van der Waals surface area contributed by atoms with Crippen LogP contribution in [0.25, 0.3) is 0 Å². The number of hydrogen-bond acceptors (Lipinski definition) is 5. The number of amidine groups is 1. The largest absolute Gasteiger partial charge is 0.344 e. The summed E-state index contributed by atoms with van der Waals surface area (Å²) in [7, 11) is 0. The number of anilines is 1. The average molecular weight is 328 g/mol. The van der Waals surface area contributed by atoms with E-state index in [1.807, 2.05) is 48.7 Å². The van der Waals surface area contributed by atoms with Gasteiger partial charge in [0.25, 0.3) is 11.8 Å². The number of hydrazine groups is 1. The van der Waals surface area contributed by atoms with Crippen molar-refractivity contribution in [2.45, 2.75) is 13.5 Å². The summed E-state index contributed by atoms with van der Waals surface area (Å²) in [6.45, 7) is 2.36. The normalized spacial score (nSPS) is 14.2. The van der Waals surface area contributed by atoms with Crippen molar-refractivity contribution < 1.29 is 9.59 Å². The van der Waals surface area contributed by atoms with Crippen molar-refractivity contribution in [1.82, 2.24) is 10.7 Å². The molecule has 2 aromatic rings. The fourth-order valence-corrected chi connectivity index (χ4v) is 2.75. The molecule has 0 fully saturated rings. The zero-order chi connectivity index (χ0) is 16.2. The van der Waals surface area contributed by atoms with E-state index in [1.165, 1.54) is 5.01 Å². The van der Waals surface area contributed by atoms with Crippen LogP contribution in [0.1, 0.15) is 10.4 Å². The van der Waals surface area contributed by atoms with Crippen molar-refractivity contribution in [1.29, 1.82) is 0 Å². The smallest absolute Gasteiger partial charge is 0.288 e. The zero-order valence-electron chi connectivity index (χ0n) is 12.6. The summed E-state index contributed by atoms with van der Waals surface area (Å²) in [5, 5.41) is 6.10. The molecule has 7 heteroatoms. The number of carbonyl (C=O) groups is 2. The van der Waals surface area contributed by atoms with Crippen molar-refractivity contribution in [2.75, 3.05) is 11.6 Å². The van der Waals surface area contributed by atoms with E-state index in [1.54, 1.807) is 11.3 Å². The molecule has 0 atom stereocenters. The molecule has 0 saturated heterocycles. The molecule has 3 rings (SSSR count). The fourth-order valence-electron chi connectivity index (χ4n) is 2.11. The number of aliphatic imine (C=N–C) groups is 1. The quantitative estimate of drug-likeness (QED) is 0.896. The SMILES string of the molecule is Cc1ccc(N2NC(C(=O)NCc3cccs3)=NCC2=O)cc1. The number of carbonyl (C=O) groups excluding carboxylic acids is 2. The van der Waals surface area contributed by atoms with Crippen LogP contribution in [0.15, 0.2) is 46.8 Å². The van der Waals surface area contributed by atoms with Gasteiger partial charge in [-0.3, -0.25) is 20.0 Å². The molecule has 1 aromatic heterocycles. The highest BCUT2D eigenvalue weighted by Crippen LogP contribution is 2.15. The molecule has 0 spiro atoms. The molecule has 6 nitrogen and oxygen atoms in total. The summed E-state index contributed by atoms with van der Waals surface area (Å²) in [6.07, 6.45) is 0. The predicted molar refractivity (Wildman–Crippen MR) is 90.3 cm³/mol. The highest BCUT2D eigenvalue weighted by atomic mass is 32.1. The Balaban J connectivity index is 1.67. The summed E-state index contributed by atoms with van der Waals surface area (Å²) < 4.78 is 0. The Kier molecular flexibility index (Phi) is 4.38. The van der Waals surface area contributed by atoms with E-state index >= 15 is 0 Å². The summed E-state index contributed by atoms with van der Waals surface area (Å²) >= 11 is 1.57. The molecule has 0 bridgehead atoms. The molecular weight excluding hydrogens is 312 g/mol. The van der Waals surface area contributed by atoms with Gasteiger partial charge in [-0.05, 0) is 30.5 Å². The third-order valence-corrected chi connectivity index (χ3v) is 4.23. The maximum absolute atomic E-state index is 12.2. The average Bonchev–Trinajstić information content (AvgIpc) is 3.07. The number of hydrogen-bond donors (Lipinski definition) is 2. The standard InChI is InChI=1S/C16H16N4O2S/c1-11-4-6-12(7-5-11)20-14(21)10-17-15(19-20)16(22)18-9-13-3-2-8-23-13/h2-8H,9-10H2,1H3,(H,17,19)(H,18,22). The van der Waals surface area contributed by atoms with E-state index in [2.05, 4.69) is 15.7 Å². The van der Waals surface area contributed by atoms with Crippen molar-refractivity contribution >= 4 is 34.7 Å². The number of nitrogens with one attached hydrogen (secondary N) is 2. The second kappa shape index (κ2) is 6.62. The first kappa shape index (κ1) is 15.2. The number of rotatable bonds is 4. The molecule has 1 aromatic carbocycles. The lowest BCUT2D eigenvalue weighted by Gasteiger charge is -2.27. The Morgan fingerprint density at radius 1 is 1.35 bits per heavy atom. The molecule has 23 heavy (non-hydrogen) atoms. The van der Waals surface area contributed by atoms with Gasteiger partial charge in [0.15, 0.2) is 0 Å². The summed E-state index contributed by atoms with van der Waals surface area (Å²) in [6, 6.07) is 11.3. The van der Waals surface area contributed by atoms with Crippen molar-refractivity contribution in [2.24, 2.45) is 4.99 Å². The topological polar surface area (TPSA) is 73.8 Å². The summed E-state index contributed by atoms with van der Waals surface area (Å²) in [5.41, 5.74) is 4.57. The van der Waals surface area contributed by atoms with Gasteiger partial charge in [-0.2, -0.15) is 0 Å². The van der Waals surface area contributed by atoms with Gasteiger partial charge in [-0.1, -0.05) is 23.8 Å². The van der Waals surface area contributed by atoms with E-state index < -0.39 is 0 Å². The molecule has 0 unspecified atom stereocenters. The molecule has 0 aliphatic carbocycles. The van der Waals surface area contributed by atoms with Crippen LogP contribution in [0.3, 0.4) is 0 Å². The predicted octanol–water partition coefficient (Wildman–Crippen LogP) is 1.62. The molecule has 118 valence electrons. The maximum Gasteiger partial charge on any atom is 0.288 e. The minimum absolute atomic E-state index is 0.0529. The van der Waals surface area contributed by atoms with E-state index in [4.69, 9.17) is 0 Å². The molecular formula is C16H16N4O2S. The van der Waals surface area contributed by atoms with Crippen LogP contribution in [0.4, 0.5) is 5.69 Å². The van der Waals surface area contributed by atoms with Crippen LogP contribution in [0, 0.1) is 6.92 Å². The van der Waals surface area contributed by atoms with Crippen LogP contribution in [0.5, 0.6) is 0 Å². The molecule has 0 saturated carbocycles. The molecule has 0 radical (unpaired) electrons. The van der Waals surface area contributed by atoms with Crippen molar-refractivity contribution in [3.05, 3.63) is 52.2 Å². The van der Waals surface area contributed by atoms with Crippen LogP contribution in [-0.2, 0) is 16.1 Å². The number of amides is 2.